The molecule has 0 heterocycles. The molecule has 0 nitrogen and oxygen atoms in total. The molecule has 0 atom stereocenters. The minimum absolute atomic E-state index is 1.21. The third-order valence-electron chi connectivity index (χ3n) is 12.6. The van der Waals surface area contributed by atoms with Crippen LogP contribution in [-0.2, 0) is 0 Å². The second-order valence-corrected chi connectivity index (χ2v) is 16.1. The van der Waals surface area contributed by atoms with E-state index in [2.05, 4.69) is 231 Å². The Bertz CT molecular complexity index is 3570. The first kappa shape index (κ1) is 34.3. The highest BCUT2D eigenvalue weighted by molar-refractivity contribution is 6.18. The van der Waals surface area contributed by atoms with E-state index in [9.17, 15) is 0 Å². The van der Waals surface area contributed by atoms with E-state index in [1.54, 1.807) is 0 Å². The molecule has 0 aliphatic carbocycles. The second-order valence-electron chi connectivity index (χ2n) is 16.1. The zero-order valence-corrected chi connectivity index (χ0v) is 32.9. The van der Waals surface area contributed by atoms with Gasteiger partial charge in [0.1, 0.15) is 0 Å². The van der Waals surface area contributed by atoms with E-state index in [0.29, 0.717) is 0 Å². The molecule has 0 fully saturated rings. The highest BCUT2D eigenvalue weighted by Crippen LogP contribution is 2.47. The summed E-state index contributed by atoms with van der Waals surface area (Å²) in [6.07, 6.45) is 0. The van der Waals surface area contributed by atoms with Gasteiger partial charge >= 0.3 is 0 Å². The zero-order valence-electron chi connectivity index (χ0n) is 32.9. The number of benzene rings is 12. The molecule has 0 amide bonds. The van der Waals surface area contributed by atoms with Crippen LogP contribution in [-0.4, -0.2) is 0 Å². The average molecular weight is 759 g/mol. The monoisotopic (exact) mass is 758 g/mol. The molecule has 12 rings (SSSR count). The highest BCUT2D eigenvalue weighted by atomic mass is 14.2. The Balaban J connectivity index is 1.17. The molecule has 0 N–H and O–H groups in total. The molecule has 0 heteroatoms. The molecule has 0 unspecified atom stereocenters. The summed E-state index contributed by atoms with van der Waals surface area (Å²) in [5.41, 5.74) is 12.2. The number of rotatable bonds is 5. The molecule has 0 aliphatic heterocycles. The molecule has 60 heavy (non-hydrogen) atoms. The Morgan fingerprint density at radius 2 is 0.550 bits per heavy atom. The summed E-state index contributed by atoms with van der Waals surface area (Å²) in [5, 5.41) is 14.9. The second kappa shape index (κ2) is 13.9. The first-order valence-electron chi connectivity index (χ1n) is 20.8. The predicted molar refractivity (Wildman–Crippen MR) is 259 cm³/mol. The van der Waals surface area contributed by atoms with E-state index in [1.165, 1.54) is 120 Å². The van der Waals surface area contributed by atoms with Crippen molar-refractivity contribution >= 4 is 64.6 Å². The Kier molecular flexibility index (Phi) is 7.96. The van der Waals surface area contributed by atoms with Gasteiger partial charge in [-0.15, -0.1) is 0 Å². The van der Waals surface area contributed by atoms with Crippen molar-refractivity contribution < 1.29 is 0 Å². The molecule has 12 aromatic carbocycles. The zero-order chi connectivity index (χ0) is 39.6. The van der Waals surface area contributed by atoms with Crippen molar-refractivity contribution in [3.05, 3.63) is 231 Å². The van der Waals surface area contributed by atoms with Crippen LogP contribution in [0.15, 0.2) is 231 Å². The third kappa shape index (κ3) is 5.76. The highest BCUT2D eigenvalue weighted by Gasteiger charge is 2.20. The molecule has 12 aromatic rings. The van der Waals surface area contributed by atoms with Crippen molar-refractivity contribution in [3.63, 3.8) is 0 Å². The van der Waals surface area contributed by atoms with Gasteiger partial charge in [0.05, 0.1) is 0 Å². The lowest BCUT2D eigenvalue weighted by Gasteiger charge is -2.21. The lowest BCUT2D eigenvalue weighted by molar-refractivity contribution is 1.62. The Labute approximate surface area is 349 Å². The van der Waals surface area contributed by atoms with Crippen LogP contribution in [0.3, 0.4) is 0 Å². The topological polar surface area (TPSA) is 0 Å². The van der Waals surface area contributed by atoms with E-state index in [0.717, 1.165) is 0 Å². The minimum Gasteiger partial charge on any atom is -0.0616 e. The van der Waals surface area contributed by atoms with Crippen molar-refractivity contribution in [2.75, 3.05) is 0 Å². The Morgan fingerprint density at radius 1 is 0.183 bits per heavy atom. The summed E-state index contributed by atoms with van der Waals surface area (Å²) >= 11 is 0. The number of hydrogen-bond donors (Lipinski definition) is 0. The molecular weight excluding hydrogens is 721 g/mol. The first-order chi connectivity index (χ1) is 29.7. The fourth-order valence-corrected chi connectivity index (χ4v) is 9.58. The maximum atomic E-state index is 2.43. The molecule has 0 aliphatic rings. The summed E-state index contributed by atoms with van der Waals surface area (Å²) in [7, 11) is 0. The third-order valence-corrected chi connectivity index (χ3v) is 12.6. The summed E-state index contributed by atoms with van der Waals surface area (Å²) in [5.74, 6) is 0. The van der Waals surface area contributed by atoms with Crippen LogP contribution in [0.4, 0.5) is 0 Å². The fraction of sp³-hybridized carbons (Fsp3) is 0. The largest absolute Gasteiger partial charge is 0.0616 e. The van der Waals surface area contributed by atoms with Gasteiger partial charge < -0.3 is 0 Å². The lowest BCUT2D eigenvalue weighted by atomic mass is 9.83. The van der Waals surface area contributed by atoms with Crippen molar-refractivity contribution in [3.8, 4) is 55.6 Å². The van der Waals surface area contributed by atoms with Crippen molar-refractivity contribution in [2.45, 2.75) is 0 Å². The average Bonchev–Trinajstić information content (AvgIpc) is 3.32. The molecule has 0 bridgehead atoms. The van der Waals surface area contributed by atoms with Crippen LogP contribution in [0.2, 0.25) is 0 Å². The Morgan fingerprint density at radius 3 is 1.08 bits per heavy atom. The van der Waals surface area contributed by atoms with E-state index in [-0.39, 0.29) is 0 Å². The summed E-state index contributed by atoms with van der Waals surface area (Å²) in [4.78, 5) is 0. The number of fused-ring (bicyclic) bond motifs is 6. The standard InChI is InChI=1S/C60H38/c1-5-14-44-34-48(25-20-39(44)10-1)49-26-24-43-30-31-54(51-28-22-41-12-3-7-16-46(41)36-51)60(58(43)38-49)57-33-32-55(52-29-23-42-13-4-8-17-47(42)37-52)59-53(18-9-19-56(57)59)50-27-21-40-11-2-6-15-45(40)35-50/h1-38H. The van der Waals surface area contributed by atoms with Gasteiger partial charge in [0, 0.05) is 0 Å². The minimum atomic E-state index is 1.21. The molecule has 278 valence electrons. The summed E-state index contributed by atoms with van der Waals surface area (Å²) in [6.45, 7) is 0. The maximum Gasteiger partial charge on any atom is -0.00204 e. The van der Waals surface area contributed by atoms with Gasteiger partial charge in [-0.1, -0.05) is 200 Å². The van der Waals surface area contributed by atoms with Gasteiger partial charge in [0.25, 0.3) is 0 Å². The van der Waals surface area contributed by atoms with Crippen LogP contribution in [0.1, 0.15) is 0 Å². The van der Waals surface area contributed by atoms with Gasteiger partial charge in [-0.3, -0.25) is 0 Å². The molecular formula is C60H38. The van der Waals surface area contributed by atoms with E-state index < -0.39 is 0 Å². The molecule has 0 saturated carbocycles. The Hall–Kier alpha value is -7.80. The quantitative estimate of drug-likeness (QED) is 0.164. The molecule has 0 saturated heterocycles. The van der Waals surface area contributed by atoms with Crippen LogP contribution in [0.25, 0.3) is 120 Å². The van der Waals surface area contributed by atoms with E-state index in [1.807, 2.05) is 0 Å². The van der Waals surface area contributed by atoms with Gasteiger partial charge in [0.2, 0.25) is 0 Å². The SMILES string of the molecule is c1ccc2cc(-c3ccc4ccc(-c5ccc6ccccc6c5)c(-c5ccc(-c6ccc7ccccc7c6)c6c(-c7ccc8ccccc8c7)cccc56)c4c3)ccc2c1. The molecule has 0 aromatic heterocycles. The van der Waals surface area contributed by atoms with Crippen LogP contribution < -0.4 is 0 Å². The molecule has 0 spiro atoms. The first-order valence-corrected chi connectivity index (χ1v) is 20.8. The van der Waals surface area contributed by atoms with Crippen molar-refractivity contribution in [1.82, 2.24) is 0 Å². The van der Waals surface area contributed by atoms with Crippen LogP contribution in [0, 0.1) is 0 Å². The smallest absolute Gasteiger partial charge is 0.00204 e. The fourth-order valence-electron chi connectivity index (χ4n) is 9.58. The predicted octanol–water partition coefficient (Wildman–Crippen LogP) is 16.9. The van der Waals surface area contributed by atoms with Gasteiger partial charge in [-0.05, 0) is 151 Å². The van der Waals surface area contributed by atoms with E-state index in [4.69, 9.17) is 0 Å². The van der Waals surface area contributed by atoms with Gasteiger partial charge in [-0.25, -0.2) is 0 Å². The summed E-state index contributed by atoms with van der Waals surface area (Å²) in [6, 6.07) is 85.6. The summed E-state index contributed by atoms with van der Waals surface area (Å²) < 4.78 is 0. The van der Waals surface area contributed by atoms with Crippen LogP contribution in [0.5, 0.6) is 0 Å². The van der Waals surface area contributed by atoms with Gasteiger partial charge in [-0.2, -0.15) is 0 Å². The maximum absolute atomic E-state index is 2.43. The normalized spacial score (nSPS) is 11.7. The van der Waals surface area contributed by atoms with Gasteiger partial charge in [0.15, 0.2) is 0 Å². The lowest BCUT2D eigenvalue weighted by Crippen LogP contribution is -1.94. The van der Waals surface area contributed by atoms with Crippen LogP contribution >= 0.6 is 0 Å². The molecule has 0 radical (unpaired) electrons. The van der Waals surface area contributed by atoms with E-state index >= 15 is 0 Å². The number of hydrogen-bond acceptors (Lipinski definition) is 0. The van der Waals surface area contributed by atoms with Crippen molar-refractivity contribution in [2.24, 2.45) is 0 Å². The van der Waals surface area contributed by atoms with Crippen molar-refractivity contribution in [1.29, 1.82) is 0 Å².